The van der Waals surface area contributed by atoms with Gasteiger partial charge < -0.3 is 10.5 Å². The lowest BCUT2D eigenvalue weighted by Gasteiger charge is -2.16. The van der Waals surface area contributed by atoms with Crippen LogP contribution in [0.3, 0.4) is 0 Å². The van der Waals surface area contributed by atoms with Crippen LogP contribution < -0.4 is 5.73 Å². The van der Waals surface area contributed by atoms with Crippen LogP contribution in [-0.2, 0) is 4.74 Å². The van der Waals surface area contributed by atoms with Crippen LogP contribution in [0.25, 0.3) is 0 Å². The number of rotatable bonds is 0. The predicted molar refractivity (Wildman–Crippen MR) is 111 cm³/mol. The van der Waals surface area contributed by atoms with Gasteiger partial charge in [0.05, 0.1) is 0 Å². The maximum absolute atomic E-state index is 13.0. The summed E-state index contributed by atoms with van der Waals surface area (Å²) in [6.07, 6.45) is 1.94. The highest BCUT2D eigenvalue weighted by Gasteiger charge is 2.10. The molecule has 0 bridgehead atoms. The van der Waals surface area contributed by atoms with E-state index < -0.39 is 0 Å². The third-order valence-electron chi connectivity index (χ3n) is 3.74. The first-order valence-corrected chi connectivity index (χ1v) is 9.81. The van der Waals surface area contributed by atoms with Gasteiger partial charge in [-0.25, -0.2) is 8.78 Å². The minimum atomic E-state index is -0.250. The summed E-state index contributed by atoms with van der Waals surface area (Å²) in [4.78, 5) is 0. The monoisotopic (exact) mass is 437 g/mol. The van der Waals surface area contributed by atoms with Crippen molar-refractivity contribution in [1.29, 1.82) is 0 Å². The second kappa shape index (κ2) is 12.5. The van der Waals surface area contributed by atoms with Gasteiger partial charge in [-0.05, 0) is 77.7 Å². The van der Waals surface area contributed by atoms with Gasteiger partial charge in [-0.3, -0.25) is 0 Å². The van der Waals surface area contributed by atoms with Gasteiger partial charge in [0.1, 0.15) is 11.6 Å². The molecule has 0 radical (unpaired) electrons. The van der Waals surface area contributed by atoms with Gasteiger partial charge in [0.2, 0.25) is 0 Å². The van der Waals surface area contributed by atoms with E-state index in [-0.39, 0.29) is 11.6 Å². The Kier molecular flexibility index (Phi) is 10.7. The molecule has 27 heavy (non-hydrogen) atoms. The number of benzene rings is 2. The molecule has 0 aromatic heterocycles. The molecule has 0 amide bonds. The van der Waals surface area contributed by atoms with E-state index in [2.05, 4.69) is 27.8 Å². The smallest absolute Gasteiger partial charge is 0.126 e. The fraction of sp³-hybridized carbons (Fsp3) is 0.364. The van der Waals surface area contributed by atoms with Crippen LogP contribution in [0.2, 0.25) is 0 Å². The first kappa shape index (κ1) is 23.1. The number of nitrogens with two attached hydrogens (primary N) is 1. The molecule has 0 saturated carbocycles. The Morgan fingerprint density at radius 2 is 1.74 bits per heavy atom. The van der Waals surface area contributed by atoms with Crippen molar-refractivity contribution in [1.82, 2.24) is 0 Å². The summed E-state index contributed by atoms with van der Waals surface area (Å²) in [7, 11) is 0. The molecule has 1 aliphatic rings. The average molecular weight is 438 g/mol. The third kappa shape index (κ3) is 8.55. The molecule has 3 rings (SSSR count). The Morgan fingerprint density at radius 1 is 1.07 bits per heavy atom. The highest BCUT2D eigenvalue weighted by Crippen LogP contribution is 2.18. The van der Waals surface area contributed by atoms with Crippen LogP contribution in [0.4, 0.5) is 14.5 Å². The summed E-state index contributed by atoms with van der Waals surface area (Å²) in [5.74, 6) is 6.13. The Labute approximate surface area is 169 Å². The minimum absolute atomic E-state index is 0.204. The number of hydrogen-bond acceptors (Lipinski definition) is 2. The zero-order chi connectivity index (χ0) is 20.2. The van der Waals surface area contributed by atoms with E-state index in [9.17, 15) is 8.78 Å². The molecular weight excluding hydrogens is 412 g/mol. The van der Waals surface area contributed by atoms with Crippen LogP contribution in [0.15, 0.2) is 40.9 Å². The summed E-state index contributed by atoms with van der Waals surface area (Å²) < 4.78 is 31.5. The van der Waals surface area contributed by atoms with Crippen LogP contribution in [-0.4, -0.2) is 13.2 Å². The minimum Gasteiger partial charge on any atom is -0.399 e. The predicted octanol–water partition coefficient (Wildman–Crippen LogP) is 6.11. The normalized spacial score (nSPS) is 13.3. The standard InChI is InChI=1S/C13H12BrFO.C7H8FN.C2H6/c14-13-4-3-12(15)9-11(13)2-1-10-5-7-16-8-6-10;1-5-4-6(9)2-3-7(5)8;1-2/h3-4,9-10H,5-8H2;2-4H,9H2,1H3;1-2H3. The molecule has 2 nitrogen and oxygen atoms in total. The summed E-state index contributed by atoms with van der Waals surface area (Å²) in [6, 6.07) is 9.08. The second-order valence-corrected chi connectivity index (χ2v) is 6.64. The molecule has 0 atom stereocenters. The number of aryl methyl sites for hydroxylation is 1. The van der Waals surface area contributed by atoms with E-state index in [0.717, 1.165) is 30.5 Å². The lowest BCUT2D eigenvalue weighted by Crippen LogP contribution is -2.13. The summed E-state index contributed by atoms with van der Waals surface area (Å²) in [5.41, 5.74) is 7.27. The van der Waals surface area contributed by atoms with Crippen molar-refractivity contribution in [2.24, 2.45) is 5.92 Å². The number of anilines is 1. The first-order valence-electron chi connectivity index (χ1n) is 9.01. The van der Waals surface area contributed by atoms with Gasteiger partial charge in [0.15, 0.2) is 0 Å². The molecule has 1 aliphatic heterocycles. The molecule has 1 heterocycles. The maximum atomic E-state index is 13.0. The van der Waals surface area contributed by atoms with Gasteiger partial charge in [-0.2, -0.15) is 0 Å². The van der Waals surface area contributed by atoms with Crippen LogP contribution >= 0.6 is 15.9 Å². The maximum Gasteiger partial charge on any atom is 0.126 e. The number of ether oxygens (including phenoxy) is 1. The molecule has 5 heteroatoms. The molecule has 0 unspecified atom stereocenters. The lowest BCUT2D eigenvalue weighted by molar-refractivity contribution is 0.0807. The molecule has 1 saturated heterocycles. The second-order valence-electron chi connectivity index (χ2n) is 5.79. The highest BCUT2D eigenvalue weighted by molar-refractivity contribution is 9.10. The van der Waals surface area contributed by atoms with Crippen molar-refractivity contribution in [3.63, 3.8) is 0 Å². The number of nitrogen functional groups attached to an aromatic ring is 1. The molecule has 2 aromatic carbocycles. The first-order chi connectivity index (χ1) is 13.0. The Balaban J connectivity index is 0.000000282. The van der Waals surface area contributed by atoms with Crippen molar-refractivity contribution >= 4 is 21.6 Å². The quantitative estimate of drug-likeness (QED) is 0.398. The van der Waals surface area contributed by atoms with Crippen LogP contribution in [0.5, 0.6) is 0 Å². The molecule has 0 spiro atoms. The van der Waals surface area contributed by atoms with Crippen LogP contribution in [0.1, 0.15) is 37.8 Å². The SMILES string of the molecule is CC.Cc1cc(N)ccc1F.Fc1ccc(Br)c(C#CC2CCOCC2)c1. The molecular formula is C22H26BrF2NO. The average Bonchev–Trinajstić information content (AvgIpc) is 2.69. The van der Waals surface area contributed by atoms with Gasteiger partial charge in [0, 0.05) is 34.9 Å². The molecule has 0 aliphatic carbocycles. The molecule has 1 fully saturated rings. The summed E-state index contributed by atoms with van der Waals surface area (Å²) in [5, 5.41) is 0. The molecule has 2 N–H and O–H groups in total. The van der Waals surface area contributed by atoms with Crippen molar-refractivity contribution in [3.05, 3.63) is 63.6 Å². The van der Waals surface area contributed by atoms with Crippen molar-refractivity contribution in [3.8, 4) is 11.8 Å². The van der Waals surface area contributed by atoms with Crippen LogP contribution in [0, 0.1) is 36.3 Å². The molecule has 146 valence electrons. The fourth-order valence-electron chi connectivity index (χ4n) is 2.28. The Morgan fingerprint density at radius 3 is 2.33 bits per heavy atom. The van der Waals surface area contributed by atoms with Crippen molar-refractivity contribution in [2.75, 3.05) is 18.9 Å². The van der Waals surface area contributed by atoms with Gasteiger partial charge >= 0.3 is 0 Å². The Bertz CT molecular complexity index is 778. The van der Waals surface area contributed by atoms with Gasteiger partial charge in [-0.15, -0.1) is 0 Å². The van der Waals surface area contributed by atoms with E-state index in [1.807, 2.05) is 13.8 Å². The van der Waals surface area contributed by atoms with E-state index in [1.54, 1.807) is 25.1 Å². The summed E-state index contributed by atoms with van der Waals surface area (Å²) in [6.45, 7) is 7.25. The Hall–Kier alpha value is -1.90. The largest absolute Gasteiger partial charge is 0.399 e. The summed E-state index contributed by atoms with van der Waals surface area (Å²) >= 11 is 3.36. The van der Waals surface area contributed by atoms with Crippen molar-refractivity contribution < 1.29 is 13.5 Å². The molecule has 2 aromatic rings. The van der Waals surface area contributed by atoms with E-state index in [1.165, 1.54) is 18.2 Å². The van der Waals surface area contributed by atoms with Gasteiger partial charge in [-0.1, -0.05) is 25.7 Å². The number of halogens is 3. The van der Waals surface area contributed by atoms with Crippen molar-refractivity contribution in [2.45, 2.75) is 33.6 Å². The zero-order valence-electron chi connectivity index (χ0n) is 16.0. The van der Waals surface area contributed by atoms with Gasteiger partial charge in [0.25, 0.3) is 0 Å². The zero-order valence-corrected chi connectivity index (χ0v) is 17.6. The highest BCUT2D eigenvalue weighted by atomic mass is 79.9. The van der Waals surface area contributed by atoms with E-state index in [0.29, 0.717) is 22.7 Å². The third-order valence-corrected chi connectivity index (χ3v) is 4.43. The lowest BCUT2D eigenvalue weighted by atomic mass is 10.0. The van der Waals surface area contributed by atoms with E-state index in [4.69, 9.17) is 10.5 Å². The fourth-order valence-corrected chi connectivity index (χ4v) is 2.63. The van der Waals surface area contributed by atoms with E-state index >= 15 is 0 Å². The topological polar surface area (TPSA) is 35.2 Å². The number of hydrogen-bond donors (Lipinski definition) is 1.